The number of carbonyl (C=O) groups is 2. The van der Waals surface area contributed by atoms with Crippen LogP contribution in [0, 0.1) is 11.8 Å². The lowest BCUT2D eigenvalue weighted by molar-refractivity contribution is -0.115. The SMILES string of the molecule is CCN(C)CC(C)C(C)CNS(=O)(=O)c1ccc(C2=C3C(=O)c4ccccc4C(N)=C3C(=O)N2)cc1. The van der Waals surface area contributed by atoms with E-state index < -0.39 is 15.9 Å². The van der Waals surface area contributed by atoms with Gasteiger partial charge in [0.2, 0.25) is 10.0 Å². The van der Waals surface area contributed by atoms with E-state index in [1.165, 1.54) is 12.1 Å². The predicted octanol–water partition coefficient (Wildman–Crippen LogP) is 2.60. The van der Waals surface area contributed by atoms with Gasteiger partial charge in [0, 0.05) is 24.2 Å². The van der Waals surface area contributed by atoms with E-state index in [1.54, 1.807) is 36.4 Å². The summed E-state index contributed by atoms with van der Waals surface area (Å²) < 4.78 is 28.5. The number of ketones is 1. The number of nitrogens with zero attached hydrogens (tertiary/aromatic N) is 1. The van der Waals surface area contributed by atoms with Crippen LogP contribution in [-0.4, -0.2) is 51.7 Å². The molecule has 0 bridgehead atoms. The maximum absolute atomic E-state index is 13.2. The van der Waals surface area contributed by atoms with E-state index in [1.807, 2.05) is 14.0 Å². The Balaban J connectivity index is 1.56. The van der Waals surface area contributed by atoms with Crippen LogP contribution in [0.1, 0.15) is 42.3 Å². The van der Waals surface area contributed by atoms with Crippen molar-refractivity contribution in [3.63, 3.8) is 0 Å². The summed E-state index contributed by atoms with van der Waals surface area (Å²) in [5, 5.41) is 2.75. The molecule has 0 spiro atoms. The van der Waals surface area contributed by atoms with Crippen molar-refractivity contribution >= 4 is 33.1 Å². The van der Waals surface area contributed by atoms with Gasteiger partial charge in [-0.15, -0.1) is 0 Å². The van der Waals surface area contributed by atoms with Crippen LogP contribution >= 0.6 is 0 Å². The number of hydrogen-bond acceptors (Lipinski definition) is 6. The summed E-state index contributed by atoms with van der Waals surface area (Å²) in [5.41, 5.74) is 8.71. The highest BCUT2D eigenvalue weighted by molar-refractivity contribution is 7.89. The standard InChI is InChI=1S/C27H32N4O4S/c1-5-31(4)15-17(3)16(2)14-29-36(34,35)19-12-10-18(11-13-19)25-23-22(27(33)30-25)24(28)20-8-6-7-9-21(20)26(23)32/h6-13,16-17,29H,5,14-15,28H2,1-4H3,(H,30,33). The minimum atomic E-state index is -3.72. The lowest BCUT2D eigenvalue weighted by Gasteiger charge is -2.25. The summed E-state index contributed by atoms with van der Waals surface area (Å²) in [6, 6.07) is 13.0. The highest BCUT2D eigenvalue weighted by Gasteiger charge is 2.39. The second-order valence-corrected chi connectivity index (χ2v) is 11.3. The molecule has 1 aliphatic carbocycles. The number of sulfonamides is 1. The number of nitrogens with one attached hydrogen (secondary N) is 2. The van der Waals surface area contributed by atoms with Gasteiger partial charge in [0.15, 0.2) is 5.78 Å². The zero-order valence-corrected chi connectivity index (χ0v) is 21.8. The van der Waals surface area contributed by atoms with E-state index in [9.17, 15) is 18.0 Å². The quantitative estimate of drug-likeness (QED) is 0.479. The van der Waals surface area contributed by atoms with E-state index in [2.05, 4.69) is 28.8 Å². The van der Waals surface area contributed by atoms with Gasteiger partial charge in [-0.25, -0.2) is 13.1 Å². The van der Waals surface area contributed by atoms with Crippen molar-refractivity contribution < 1.29 is 18.0 Å². The Bertz CT molecular complexity index is 1380. The average molecular weight is 509 g/mol. The second kappa shape index (κ2) is 10.0. The molecule has 0 radical (unpaired) electrons. The van der Waals surface area contributed by atoms with E-state index in [0.29, 0.717) is 34.9 Å². The topological polar surface area (TPSA) is 122 Å². The number of rotatable bonds is 9. The van der Waals surface area contributed by atoms with Crippen LogP contribution in [0.15, 0.2) is 64.6 Å². The van der Waals surface area contributed by atoms with Crippen molar-refractivity contribution in [2.45, 2.75) is 25.7 Å². The zero-order chi connectivity index (χ0) is 26.2. The van der Waals surface area contributed by atoms with Gasteiger partial charge in [0.1, 0.15) is 0 Å². The molecule has 2 aromatic rings. The Morgan fingerprint density at radius 1 is 0.972 bits per heavy atom. The summed E-state index contributed by atoms with van der Waals surface area (Å²) in [6.45, 7) is 8.40. The number of hydrogen-bond donors (Lipinski definition) is 3. The Hall–Kier alpha value is -3.27. The van der Waals surface area contributed by atoms with Crippen LogP contribution in [0.2, 0.25) is 0 Å². The molecule has 8 nitrogen and oxygen atoms in total. The minimum Gasteiger partial charge on any atom is -0.398 e. The summed E-state index contributed by atoms with van der Waals surface area (Å²) >= 11 is 0. The van der Waals surface area contributed by atoms with Crippen molar-refractivity contribution in [3.05, 3.63) is 76.4 Å². The first-order chi connectivity index (χ1) is 17.0. The monoisotopic (exact) mass is 508 g/mol. The smallest absolute Gasteiger partial charge is 0.258 e. The maximum atomic E-state index is 13.2. The Labute approximate surface area is 212 Å². The molecule has 1 heterocycles. The highest BCUT2D eigenvalue weighted by Crippen LogP contribution is 2.39. The molecule has 2 aliphatic rings. The molecule has 36 heavy (non-hydrogen) atoms. The van der Waals surface area contributed by atoms with Crippen LogP contribution in [0.5, 0.6) is 0 Å². The normalized spacial score (nSPS) is 17.2. The average Bonchev–Trinajstić information content (AvgIpc) is 3.23. The van der Waals surface area contributed by atoms with Crippen LogP contribution < -0.4 is 15.8 Å². The largest absolute Gasteiger partial charge is 0.398 e. The summed E-state index contributed by atoms with van der Waals surface area (Å²) in [4.78, 5) is 28.3. The van der Waals surface area contributed by atoms with Gasteiger partial charge in [-0.05, 0) is 43.1 Å². The fraction of sp³-hybridized carbons (Fsp3) is 0.333. The van der Waals surface area contributed by atoms with Crippen molar-refractivity contribution in [2.75, 3.05) is 26.7 Å². The van der Waals surface area contributed by atoms with Gasteiger partial charge in [-0.2, -0.15) is 0 Å². The number of nitrogens with two attached hydrogens (primary N) is 1. The van der Waals surface area contributed by atoms with Crippen molar-refractivity contribution in [3.8, 4) is 0 Å². The lowest BCUT2D eigenvalue weighted by Crippen LogP contribution is -2.34. The molecule has 2 atom stereocenters. The first-order valence-corrected chi connectivity index (χ1v) is 13.5. The molecular weight excluding hydrogens is 476 g/mol. The van der Waals surface area contributed by atoms with Crippen LogP contribution in [-0.2, 0) is 14.8 Å². The number of amides is 1. The summed E-state index contributed by atoms with van der Waals surface area (Å²) in [6.07, 6.45) is 0. The molecule has 1 amide bonds. The molecule has 0 saturated carbocycles. The third kappa shape index (κ3) is 4.74. The van der Waals surface area contributed by atoms with Crippen LogP contribution in [0.4, 0.5) is 0 Å². The number of fused-ring (bicyclic) bond motifs is 2. The van der Waals surface area contributed by atoms with Gasteiger partial charge in [-0.1, -0.05) is 57.2 Å². The Morgan fingerprint density at radius 3 is 2.25 bits per heavy atom. The van der Waals surface area contributed by atoms with Crippen molar-refractivity contribution in [1.29, 1.82) is 0 Å². The number of carbonyl (C=O) groups excluding carboxylic acids is 2. The van der Waals surface area contributed by atoms with Crippen LogP contribution in [0.25, 0.3) is 11.4 Å². The molecule has 4 rings (SSSR count). The maximum Gasteiger partial charge on any atom is 0.258 e. The number of benzene rings is 2. The van der Waals surface area contributed by atoms with E-state index >= 15 is 0 Å². The van der Waals surface area contributed by atoms with Gasteiger partial charge in [-0.3, -0.25) is 9.59 Å². The van der Waals surface area contributed by atoms with Gasteiger partial charge >= 0.3 is 0 Å². The fourth-order valence-electron chi connectivity index (χ4n) is 4.49. The summed E-state index contributed by atoms with van der Waals surface area (Å²) in [7, 11) is -1.67. The number of Topliss-reactive ketones (excluding diaryl/α,β-unsaturated/α-hetero) is 1. The predicted molar refractivity (Wildman–Crippen MR) is 140 cm³/mol. The molecule has 4 N–H and O–H groups in total. The van der Waals surface area contributed by atoms with Gasteiger partial charge in [0.05, 0.1) is 27.4 Å². The summed E-state index contributed by atoms with van der Waals surface area (Å²) in [5.74, 6) is -0.259. The second-order valence-electron chi connectivity index (χ2n) is 9.55. The van der Waals surface area contributed by atoms with E-state index in [4.69, 9.17) is 5.73 Å². The molecule has 2 aromatic carbocycles. The molecule has 2 unspecified atom stereocenters. The van der Waals surface area contributed by atoms with Gasteiger partial charge in [0.25, 0.3) is 5.91 Å². The molecule has 1 aliphatic heterocycles. The molecule has 190 valence electrons. The third-order valence-electron chi connectivity index (χ3n) is 7.08. The Morgan fingerprint density at radius 2 is 1.61 bits per heavy atom. The zero-order valence-electron chi connectivity index (χ0n) is 21.0. The third-order valence-corrected chi connectivity index (χ3v) is 8.52. The van der Waals surface area contributed by atoms with Gasteiger partial charge < -0.3 is 16.0 Å². The molecule has 9 heteroatoms. The van der Waals surface area contributed by atoms with E-state index in [0.717, 1.165) is 13.1 Å². The lowest BCUT2D eigenvalue weighted by atomic mass is 9.84. The minimum absolute atomic E-state index is 0.113. The molecule has 0 saturated heterocycles. The van der Waals surface area contributed by atoms with Crippen molar-refractivity contribution in [2.24, 2.45) is 17.6 Å². The molecular formula is C27H32N4O4S. The highest BCUT2D eigenvalue weighted by atomic mass is 32.2. The fourth-order valence-corrected chi connectivity index (χ4v) is 5.63. The van der Waals surface area contributed by atoms with Crippen molar-refractivity contribution in [1.82, 2.24) is 14.9 Å². The van der Waals surface area contributed by atoms with E-state index in [-0.39, 0.29) is 33.4 Å². The van der Waals surface area contributed by atoms with Crippen LogP contribution in [0.3, 0.4) is 0 Å². The molecule has 0 fully saturated rings. The first kappa shape index (κ1) is 25.8. The molecule has 0 aromatic heterocycles. The first-order valence-electron chi connectivity index (χ1n) is 12.0. The Kier molecular flexibility index (Phi) is 7.17.